The molecule has 19 heavy (non-hydrogen) atoms. The molecule has 1 N–H and O–H groups in total. The molecule has 0 atom stereocenters. The highest BCUT2D eigenvalue weighted by molar-refractivity contribution is 14.1. The lowest BCUT2D eigenvalue weighted by atomic mass is 10.00. The Kier molecular flexibility index (Phi) is 4.99. The van der Waals surface area contributed by atoms with Gasteiger partial charge in [-0.15, -0.1) is 0 Å². The quantitative estimate of drug-likeness (QED) is 0.723. The van der Waals surface area contributed by atoms with Crippen molar-refractivity contribution >= 4 is 44.5 Å². The van der Waals surface area contributed by atoms with Crippen LogP contribution in [0.4, 0.5) is 0 Å². The highest BCUT2D eigenvalue weighted by Crippen LogP contribution is 2.20. The summed E-state index contributed by atoms with van der Waals surface area (Å²) in [6, 6.07) is 13.5. The smallest absolute Gasteiger partial charge is 0.335 e. The minimum Gasteiger partial charge on any atom is -0.478 e. The van der Waals surface area contributed by atoms with Crippen LogP contribution in [0.25, 0.3) is 0 Å². The maximum atomic E-state index is 11.2. The van der Waals surface area contributed by atoms with E-state index < -0.39 is 5.97 Å². The number of hydrogen-bond donors (Lipinski definition) is 1. The first-order valence-electron chi connectivity index (χ1n) is 5.83. The number of halogens is 2. The van der Waals surface area contributed by atoms with Crippen molar-refractivity contribution in [3.05, 3.63) is 67.2 Å². The zero-order chi connectivity index (χ0) is 13.8. The summed E-state index contributed by atoms with van der Waals surface area (Å²) in [6.07, 6.45) is 1.58. The molecule has 0 saturated carbocycles. The Labute approximate surface area is 134 Å². The lowest BCUT2D eigenvalue weighted by Gasteiger charge is -2.09. The van der Waals surface area contributed by atoms with Gasteiger partial charge < -0.3 is 5.11 Å². The van der Waals surface area contributed by atoms with Crippen LogP contribution in [0.15, 0.2) is 46.9 Å². The molecule has 2 rings (SSSR count). The van der Waals surface area contributed by atoms with E-state index in [1.807, 2.05) is 18.2 Å². The molecule has 2 nitrogen and oxygen atoms in total. The molecule has 0 bridgehead atoms. The Bertz CT molecular complexity index is 594. The summed E-state index contributed by atoms with van der Waals surface area (Å²) in [5.41, 5.74) is 2.53. The third-order valence-corrected chi connectivity index (χ3v) is 4.47. The van der Waals surface area contributed by atoms with Crippen molar-refractivity contribution in [2.75, 3.05) is 0 Å². The lowest BCUT2D eigenvalue weighted by Crippen LogP contribution is -2.05. The van der Waals surface area contributed by atoms with E-state index in [1.54, 1.807) is 12.1 Å². The van der Waals surface area contributed by atoms with Gasteiger partial charge in [-0.3, -0.25) is 0 Å². The van der Waals surface area contributed by atoms with Crippen molar-refractivity contribution in [3.8, 4) is 0 Å². The molecule has 0 heterocycles. The fourth-order valence-electron chi connectivity index (χ4n) is 1.93. The van der Waals surface area contributed by atoms with Gasteiger partial charge in [0.05, 0.1) is 5.56 Å². The molecular formula is C15H12BrIO2. The maximum absolute atomic E-state index is 11.2. The van der Waals surface area contributed by atoms with Crippen molar-refractivity contribution in [3.63, 3.8) is 0 Å². The van der Waals surface area contributed by atoms with Crippen molar-refractivity contribution in [2.24, 2.45) is 0 Å². The normalized spacial score (nSPS) is 10.4. The van der Waals surface area contributed by atoms with E-state index in [9.17, 15) is 9.90 Å². The van der Waals surface area contributed by atoms with Gasteiger partial charge in [-0.2, -0.15) is 0 Å². The van der Waals surface area contributed by atoms with Crippen molar-refractivity contribution in [2.45, 2.75) is 12.8 Å². The minimum absolute atomic E-state index is 0.406. The van der Waals surface area contributed by atoms with Crippen LogP contribution >= 0.6 is 38.5 Å². The largest absolute Gasteiger partial charge is 0.478 e. The molecule has 0 aliphatic heterocycles. The number of aryl methyl sites for hydroxylation is 1. The Morgan fingerprint density at radius 2 is 1.79 bits per heavy atom. The number of carbonyl (C=O) groups is 1. The standard InChI is InChI=1S/C15H12BrIO2/c16-11-7-4-10(5-8-11)6-9-12-13(15(18)19)2-1-3-14(12)17/h1-5,7-8H,6,9H2,(H,18,19). The maximum Gasteiger partial charge on any atom is 0.335 e. The Balaban J connectivity index is 2.19. The van der Waals surface area contributed by atoms with Gasteiger partial charge in [0.1, 0.15) is 0 Å². The van der Waals surface area contributed by atoms with Gasteiger partial charge in [-0.1, -0.05) is 34.1 Å². The van der Waals surface area contributed by atoms with Gasteiger partial charge in [0.15, 0.2) is 0 Å². The summed E-state index contributed by atoms with van der Waals surface area (Å²) >= 11 is 5.60. The van der Waals surface area contributed by atoms with Crippen molar-refractivity contribution < 1.29 is 9.90 Å². The molecule has 0 spiro atoms. The zero-order valence-corrected chi connectivity index (χ0v) is 13.8. The first kappa shape index (κ1) is 14.5. The van der Waals surface area contributed by atoms with E-state index in [0.717, 1.165) is 26.4 Å². The van der Waals surface area contributed by atoms with E-state index in [1.165, 1.54) is 5.56 Å². The number of hydrogen-bond acceptors (Lipinski definition) is 1. The molecule has 0 unspecified atom stereocenters. The van der Waals surface area contributed by atoms with Crippen molar-refractivity contribution in [1.82, 2.24) is 0 Å². The first-order valence-corrected chi connectivity index (χ1v) is 7.70. The molecule has 0 aliphatic carbocycles. The Morgan fingerprint density at radius 1 is 1.11 bits per heavy atom. The second-order valence-electron chi connectivity index (χ2n) is 4.20. The van der Waals surface area contributed by atoms with Crippen LogP contribution in [0.2, 0.25) is 0 Å². The number of rotatable bonds is 4. The average Bonchev–Trinajstić information content (AvgIpc) is 2.39. The molecule has 0 aliphatic rings. The average molecular weight is 431 g/mol. The van der Waals surface area contributed by atoms with Gasteiger partial charge in [-0.25, -0.2) is 4.79 Å². The molecule has 2 aromatic carbocycles. The number of aromatic carboxylic acids is 1. The lowest BCUT2D eigenvalue weighted by molar-refractivity contribution is 0.0695. The fraction of sp³-hybridized carbons (Fsp3) is 0.133. The number of carboxylic acid groups (broad SMARTS) is 1. The molecule has 0 radical (unpaired) electrons. The predicted molar refractivity (Wildman–Crippen MR) is 87.7 cm³/mol. The van der Waals surface area contributed by atoms with Crippen LogP contribution in [0.5, 0.6) is 0 Å². The monoisotopic (exact) mass is 430 g/mol. The zero-order valence-electron chi connectivity index (χ0n) is 10.1. The van der Waals surface area contributed by atoms with Gasteiger partial charge in [0, 0.05) is 8.04 Å². The first-order chi connectivity index (χ1) is 9.08. The van der Waals surface area contributed by atoms with Crippen LogP contribution < -0.4 is 0 Å². The van der Waals surface area contributed by atoms with Crippen LogP contribution in [0.1, 0.15) is 21.5 Å². The van der Waals surface area contributed by atoms with Gasteiger partial charge in [-0.05, 0) is 70.8 Å². The topological polar surface area (TPSA) is 37.3 Å². The van der Waals surface area contributed by atoms with Gasteiger partial charge in [0.25, 0.3) is 0 Å². The van der Waals surface area contributed by atoms with E-state index in [0.29, 0.717) is 5.56 Å². The highest BCUT2D eigenvalue weighted by Gasteiger charge is 2.12. The Morgan fingerprint density at radius 3 is 2.42 bits per heavy atom. The fourth-order valence-corrected chi connectivity index (χ4v) is 2.97. The SMILES string of the molecule is O=C(O)c1cccc(I)c1CCc1ccc(Br)cc1. The summed E-state index contributed by atoms with van der Waals surface area (Å²) < 4.78 is 2.06. The molecule has 0 fully saturated rings. The molecule has 0 saturated heterocycles. The summed E-state index contributed by atoms with van der Waals surface area (Å²) in [4.78, 5) is 11.2. The van der Waals surface area contributed by atoms with Gasteiger partial charge in [0.2, 0.25) is 0 Å². The minimum atomic E-state index is -0.857. The third-order valence-electron chi connectivity index (χ3n) is 2.93. The predicted octanol–water partition coefficient (Wildman–Crippen LogP) is 4.54. The van der Waals surface area contributed by atoms with Crippen LogP contribution in [-0.4, -0.2) is 11.1 Å². The summed E-state index contributed by atoms with van der Waals surface area (Å²) in [6.45, 7) is 0. The number of benzene rings is 2. The summed E-state index contributed by atoms with van der Waals surface area (Å²) in [5.74, 6) is -0.857. The molecule has 0 aromatic heterocycles. The van der Waals surface area contributed by atoms with E-state index >= 15 is 0 Å². The molecule has 98 valence electrons. The second-order valence-corrected chi connectivity index (χ2v) is 6.28. The highest BCUT2D eigenvalue weighted by atomic mass is 127. The summed E-state index contributed by atoms with van der Waals surface area (Å²) in [7, 11) is 0. The second kappa shape index (κ2) is 6.52. The van der Waals surface area contributed by atoms with Crippen LogP contribution in [0.3, 0.4) is 0 Å². The molecule has 2 aromatic rings. The van der Waals surface area contributed by atoms with Crippen molar-refractivity contribution in [1.29, 1.82) is 0 Å². The van der Waals surface area contributed by atoms with E-state index in [-0.39, 0.29) is 0 Å². The third kappa shape index (κ3) is 3.79. The van der Waals surface area contributed by atoms with E-state index in [2.05, 4.69) is 50.7 Å². The van der Waals surface area contributed by atoms with Gasteiger partial charge >= 0.3 is 5.97 Å². The van der Waals surface area contributed by atoms with E-state index in [4.69, 9.17) is 0 Å². The molecule has 0 amide bonds. The molecular weight excluding hydrogens is 419 g/mol. The number of carboxylic acids is 1. The molecule has 4 heteroatoms. The Hall–Kier alpha value is -0.880. The van der Waals surface area contributed by atoms with Crippen LogP contribution in [-0.2, 0) is 12.8 Å². The summed E-state index contributed by atoms with van der Waals surface area (Å²) in [5, 5.41) is 9.21. The van der Waals surface area contributed by atoms with Crippen LogP contribution in [0, 0.1) is 3.57 Å².